The van der Waals surface area contributed by atoms with Crippen LogP contribution in [-0.2, 0) is 0 Å². The van der Waals surface area contributed by atoms with Crippen molar-refractivity contribution in [1.82, 2.24) is 5.43 Å². The van der Waals surface area contributed by atoms with Gasteiger partial charge < -0.3 is 15.3 Å². The van der Waals surface area contributed by atoms with Crippen molar-refractivity contribution >= 4 is 5.71 Å². The number of aromatic hydroxyl groups is 1. The highest BCUT2D eigenvalue weighted by molar-refractivity contribution is 6.04. The Morgan fingerprint density at radius 1 is 1.23 bits per heavy atom. The second-order valence-electron chi connectivity index (χ2n) is 5.47. The Morgan fingerprint density at radius 3 is 2.73 bits per heavy atom. The van der Waals surface area contributed by atoms with Crippen LogP contribution in [0.15, 0.2) is 47.6 Å². The van der Waals surface area contributed by atoms with Crippen LogP contribution in [0.2, 0.25) is 0 Å². The molecule has 3 rings (SSSR count). The van der Waals surface area contributed by atoms with Crippen molar-refractivity contribution in [2.45, 2.75) is 26.3 Å². The lowest BCUT2D eigenvalue weighted by molar-refractivity contribution is 0.340. The molecule has 0 amide bonds. The number of nitrogens with zero attached hydrogens (tertiary/aromatic N) is 1. The van der Waals surface area contributed by atoms with Crippen molar-refractivity contribution < 1.29 is 9.84 Å². The van der Waals surface area contributed by atoms with Crippen LogP contribution in [-0.4, -0.2) is 17.4 Å². The van der Waals surface area contributed by atoms with E-state index in [0.717, 1.165) is 34.6 Å². The Morgan fingerprint density at radius 2 is 2.00 bits per heavy atom. The van der Waals surface area contributed by atoms with Gasteiger partial charge in [0.1, 0.15) is 11.5 Å². The Labute approximate surface area is 130 Å². The molecule has 0 radical (unpaired) electrons. The van der Waals surface area contributed by atoms with Gasteiger partial charge in [-0.2, -0.15) is 5.10 Å². The van der Waals surface area contributed by atoms with E-state index in [4.69, 9.17) is 4.74 Å². The van der Waals surface area contributed by atoms with Gasteiger partial charge in [-0.25, -0.2) is 0 Å². The Kier molecular flexibility index (Phi) is 4.00. The maximum Gasteiger partial charge on any atom is 0.124 e. The van der Waals surface area contributed by atoms with Crippen molar-refractivity contribution in [2.24, 2.45) is 5.10 Å². The van der Waals surface area contributed by atoms with Gasteiger partial charge in [-0.1, -0.05) is 23.8 Å². The summed E-state index contributed by atoms with van der Waals surface area (Å²) in [4.78, 5) is 0. The van der Waals surface area contributed by atoms with E-state index in [1.807, 2.05) is 38.1 Å². The number of aryl methyl sites for hydroxylation is 1. The summed E-state index contributed by atoms with van der Waals surface area (Å²) in [5, 5.41) is 14.4. The summed E-state index contributed by atoms with van der Waals surface area (Å²) < 4.78 is 5.46. The highest BCUT2D eigenvalue weighted by atomic mass is 16.5. The fraction of sp³-hybridized carbons (Fsp3) is 0.278. The zero-order chi connectivity index (χ0) is 15.5. The van der Waals surface area contributed by atoms with Gasteiger partial charge >= 0.3 is 0 Å². The predicted octanol–water partition coefficient (Wildman–Crippen LogP) is 3.54. The highest BCUT2D eigenvalue weighted by Crippen LogP contribution is 2.29. The van der Waals surface area contributed by atoms with Crippen molar-refractivity contribution in [3.63, 3.8) is 0 Å². The number of hydrogen-bond acceptors (Lipinski definition) is 4. The van der Waals surface area contributed by atoms with Crippen LogP contribution in [0.4, 0.5) is 0 Å². The third kappa shape index (κ3) is 2.91. The third-order valence-electron chi connectivity index (χ3n) is 3.81. The summed E-state index contributed by atoms with van der Waals surface area (Å²) in [6.45, 7) is 4.65. The summed E-state index contributed by atoms with van der Waals surface area (Å²) in [6, 6.07) is 13.8. The fourth-order valence-corrected chi connectivity index (χ4v) is 2.65. The Hall–Kier alpha value is -2.49. The van der Waals surface area contributed by atoms with Crippen LogP contribution < -0.4 is 10.2 Å². The van der Waals surface area contributed by atoms with Crippen molar-refractivity contribution in [3.8, 4) is 11.5 Å². The molecule has 22 heavy (non-hydrogen) atoms. The fourth-order valence-electron chi connectivity index (χ4n) is 2.65. The molecule has 4 heteroatoms. The van der Waals surface area contributed by atoms with Crippen LogP contribution >= 0.6 is 0 Å². The Bertz CT molecular complexity index is 693. The molecule has 0 saturated heterocycles. The summed E-state index contributed by atoms with van der Waals surface area (Å²) in [6.07, 6.45) is 0.755. The molecule has 114 valence electrons. The summed E-state index contributed by atoms with van der Waals surface area (Å²) in [5.41, 5.74) is 7.12. The van der Waals surface area contributed by atoms with Gasteiger partial charge in [-0.15, -0.1) is 0 Å². The molecule has 1 aliphatic rings. The molecule has 2 N–H and O–H groups in total. The van der Waals surface area contributed by atoms with Gasteiger partial charge in [-0.05, 0) is 43.7 Å². The zero-order valence-corrected chi connectivity index (χ0v) is 12.8. The lowest BCUT2D eigenvalue weighted by atomic mass is 9.97. The molecule has 0 aromatic heterocycles. The second-order valence-corrected chi connectivity index (χ2v) is 5.47. The summed E-state index contributed by atoms with van der Waals surface area (Å²) >= 11 is 0. The molecular formula is C18H20N2O2. The Balaban J connectivity index is 1.75. The molecule has 2 aromatic carbocycles. The lowest BCUT2D eigenvalue weighted by Crippen LogP contribution is -2.09. The zero-order valence-electron chi connectivity index (χ0n) is 12.8. The van der Waals surface area contributed by atoms with Crippen LogP contribution in [0.3, 0.4) is 0 Å². The number of ether oxygens (including phenoxy) is 1. The molecule has 0 spiro atoms. The summed E-state index contributed by atoms with van der Waals surface area (Å²) in [5.74, 6) is 1.15. The van der Waals surface area contributed by atoms with E-state index in [-0.39, 0.29) is 11.8 Å². The maximum atomic E-state index is 10.0. The monoisotopic (exact) mass is 296 g/mol. The normalized spacial score (nSPS) is 17.0. The minimum absolute atomic E-state index is 0.130. The molecule has 0 fully saturated rings. The number of rotatable bonds is 4. The first-order valence-electron chi connectivity index (χ1n) is 7.52. The molecule has 2 aromatic rings. The van der Waals surface area contributed by atoms with Gasteiger partial charge in [0.2, 0.25) is 0 Å². The van der Waals surface area contributed by atoms with E-state index in [2.05, 4.69) is 22.7 Å². The molecule has 0 aliphatic carbocycles. The van der Waals surface area contributed by atoms with E-state index in [1.165, 1.54) is 0 Å². The van der Waals surface area contributed by atoms with Gasteiger partial charge in [0, 0.05) is 12.0 Å². The standard InChI is InChI=1S/C18H20N2O2/c1-3-22-14-7-5-13(6-8-14)16-11-17(20-19-16)15-10-12(2)4-9-18(15)21/h4-10,16,19,21H,3,11H2,1-2H3/t16-/m0/s1. The quantitative estimate of drug-likeness (QED) is 0.907. The van der Waals surface area contributed by atoms with Crippen LogP contribution in [0, 0.1) is 6.92 Å². The molecule has 0 saturated carbocycles. The SMILES string of the molecule is CCOc1ccc([C@@H]2CC(c3cc(C)ccc3O)=NN2)cc1. The first kappa shape index (κ1) is 14.4. The van der Waals surface area contributed by atoms with E-state index in [9.17, 15) is 5.11 Å². The first-order chi connectivity index (χ1) is 10.7. The van der Waals surface area contributed by atoms with Gasteiger partial charge in [-0.3, -0.25) is 0 Å². The molecule has 0 bridgehead atoms. The minimum Gasteiger partial charge on any atom is -0.507 e. The number of benzene rings is 2. The highest BCUT2D eigenvalue weighted by Gasteiger charge is 2.23. The smallest absolute Gasteiger partial charge is 0.124 e. The van der Waals surface area contributed by atoms with Gasteiger partial charge in [0.15, 0.2) is 0 Å². The second kappa shape index (κ2) is 6.10. The number of phenols is 1. The topological polar surface area (TPSA) is 53.9 Å². The van der Waals surface area contributed by atoms with Crippen molar-refractivity contribution in [1.29, 1.82) is 0 Å². The first-order valence-corrected chi connectivity index (χ1v) is 7.52. The minimum atomic E-state index is 0.130. The average molecular weight is 296 g/mol. The molecule has 1 aliphatic heterocycles. The molecule has 1 heterocycles. The molecule has 1 atom stereocenters. The number of hydrogen-bond donors (Lipinski definition) is 2. The van der Waals surface area contributed by atoms with E-state index >= 15 is 0 Å². The van der Waals surface area contributed by atoms with E-state index < -0.39 is 0 Å². The van der Waals surface area contributed by atoms with Crippen LogP contribution in [0.5, 0.6) is 11.5 Å². The van der Waals surface area contributed by atoms with Gasteiger partial charge in [0.05, 0.1) is 18.4 Å². The predicted molar refractivity (Wildman–Crippen MR) is 87.5 cm³/mol. The number of nitrogens with one attached hydrogen (secondary N) is 1. The third-order valence-corrected chi connectivity index (χ3v) is 3.81. The molecule has 0 unspecified atom stereocenters. The van der Waals surface area contributed by atoms with Crippen LogP contribution in [0.1, 0.15) is 36.1 Å². The van der Waals surface area contributed by atoms with Crippen molar-refractivity contribution in [2.75, 3.05) is 6.61 Å². The van der Waals surface area contributed by atoms with Gasteiger partial charge in [0.25, 0.3) is 0 Å². The van der Waals surface area contributed by atoms with E-state index in [1.54, 1.807) is 6.07 Å². The largest absolute Gasteiger partial charge is 0.507 e. The number of hydrazone groups is 1. The van der Waals surface area contributed by atoms with Crippen LogP contribution in [0.25, 0.3) is 0 Å². The lowest BCUT2D eigenvalue weighted by Gasteiger charge is -2.11. The maximum absolute atomic E-state index is 10.0. The molecule has 4 nitrogen and oxygen atoms in total. The number of phenolic OH excluding ortho intramolecular Hbond substituents is 1. The van der Waals surface area contributed by atoms with Crippen molar-refractivity contribution in [3.05, 3.63) is 59.2 Å². The van der Waals surface area contributed by atoms with E-state index in [0.29, 0.717) is 6.61 Å². The molecular weight excluding hydrogens is 276 g/mol. The summed E-state index contributed by atoms with van der Waals surface area (Å²) in [7, 11) is 0. The average Bonchev–Trinajstić information content (AvgIpc) is 3.00.